The van der Waals surface area contributed by atoms with Crippen molar-refractivity contribution in [2.24, 2.45) is 0 Å². The summed E-state index contributed by atoms with van der Waals surface area (Å²) < 4.78 is 11.7. The van der Waals surface area contributed by atoms with Crippen molar-refractivity contribution in [3.63, 3.8) is 0 Å². The number of carbonyl (C=O) groups excluding carboxylic acids is 1. The molecule has 0 aliphatic rings. The molecule has 0 aliphatic carbocycles. The van der Waals surface area contributed by atoms with E-state index in [-0.39, 0.29) is 6.61 Å². The molecule has 0 saturated heterocycles. The van der Waals surface area contributed by atoms with Gasteiger partial charge in [-0.3, -0.25) is 0 Å². The lowest BCUT2D eigenvalue weighted by molar-refractivity contribution is -0.138. The molecule has 0 amide bonds. The van der Waals surface area contributed by atoms with E-state index in [0.717, 1.165) is 31.7 Å². The van der Waals surface area contributed by atoms with Crippen LogP contribution in [0.1, 0.15) is 21.7 Å². The molecule has 140 valence electrons. The molecule has 0 atom stereocenters. The summed E-state index contributed by atoms with van der Waals surface area (Å²) in [5.74, 6) is -0.496. The van der Waals surface area contributed by atoms with Crippen molar-refractivity contribution in [3.05, 3.63) is 80.7 Å². The second-order valence-electron chi connectivity index (χ2n) is 6.44. The summed E-state index contributed by atoms with van der Waals surface area (Å²) in [4.78, 5) is 28.4. The summed E-state index contributed by atoms with van der Waals surface area (Å²) in [6.45, 7) is 3.85. The Balaban J connectivity index is 1.52. The van der Waals surface area contributed by atoms with E-state index >= 15 is 0 Å². The van der Waals surface area contributed by atoms with Crippen LogP contribution in [-0.4, -0.2) is 11.0 Å². The van der Waals surface area contributed by atoms with Gasteiger partial charge in [-0.15, -0.1) is 11.3 Å². The molecular weight excluding hydrogens is 374 g/mol. The van der Waals surface area contributed by atoms with Crippen LogP contribution in [0.3, 0.4) is 0 Å². The molecule has 0 N–H and O–H groups in total. The third-order valence-corrected chi connectivity index (χ3v) is 5.56. The molecule has 0 aliphatic heterocycles. The van der Waals surface area contributed by atoms with Gasteiger partial charge in [-0.25, -0.2) is 14.6 Å². The van der Waals surface area contributed by atoms with Crippen LogP contribution in [-0.2, 0) is 16.1 Å². The third-order valence-electron chi connectivity index (χ3n) is 4.56. The number of benzene rings is 2. The second-order valence-corrected chi connectivity index (χ2v) is 7.50. The number of hydrogen-bond donors (Lipinski definition) is 0. The first-order valence-electron chi connectivity index (χ1n) is 8.74. The largest absolute Gasteiger partial charge is 0.458 e. The lowest BCUT2D eigenvalue weighted by atomic mass is 10.0. The Kier molecular flexibility index (Phi) is 4.79. The quantitative estimate of drug-likeness (QED) is 0.285. The molecular formula is C22H17NO4S. The maximum Gasteiger partial charge on any atom is 0.336 e. The molecule has 0 radical (unpaired) electrons. The van der Waals surface area contributed by atoms with Gasteiger partial charge in [0.2, 0.25) is 0 Å². The Bertz CT molecular complexity index is 1250. The Morgan fingerprint density at radius 2 is 2.04 bits per heavy atom. The third kappa shape index (κ3) is 3.59. The van der Waals surface area contributed by atoms with E-state index < -0.39 is 11.6 Å². The molecule has 0 fully saturated rings. The lowest BCUT2D eigenvalue weighted by Gasteiger charge is -2.09. The molecule has 4 rings (SSSR count). The number of hydrogen-bond acceptors (Lipinski definition) is 6. The molecule has 2 aromatic carbocycles. The number of thiazole rings is 1. The molecule has 28 heavy (non-hydrogen) atoms. The molecule has 2 heterocycles. The van der Waals surface area contributed by atoms with Gasteiger partial charge < -0.3 is 9.15 Å². The van der Waals surface area contributed by atoms with E-state index in [1.165, 1.54) is 23.5 Å². The maximum atomic E-state index is 12.1. The SMILES string of the molecule is Cc1ccc2c(COC(=O)/C=C/c3nc4ccccc4s3)cc(=O)oc2c1C. The topological polar surface area (TPSA) is 69.4 Å². The Morgan fingerprint density at radius 1 is 1.21 bits per heavy atom. The second kappa shape index (κ2) is 7.40. The van der Waals surface area contributed by atoms with E-state index in [1.54, 1.807) is 6.08 Å². The fraction of sp³-hybridized carbons (Fsp3) is 0.136. The van der Waals surface area contributed by atoms with Crippen LogP contribution in [0.15, 0.2) is 57.8 Å². The van der Waals surface area contributed by atoms with Crippen LogP contribution >= 0.6 is 11.3 Å². The van der Waals surface area contributed by atoms with Gasteiger partial charge in [0, 0.05) is 23.1 Å². The fourth-order valence-corrected chi connectivity index (χ4v) is 3.81. The first-order valence-corrected chi connectivity index (χ1v) is 9.56. The number of aryl methyl sites for hydroxylation is 2. The number of esters is 1. The Labute approximate surface area is 164 Å². The lowest BCUT2D eigenvalue weighted by Crippen LogP contribution is -2.06. The molecule has 0 spiro atoms. The summed E-state index contributed by atoms with van der Waals surface area (Å²) in [6.07, 6.45) is 2.98. The number of nitrogens with zero attached hydrogens (tertiary/aromatic N) is 1. The number of para-hydroxylation sites is 1. The van der Waals surface area contributed by atoms with Gasteiger partial charge in [-0.2, -0.15) is 0 Å². The van der Waals surface area contributed by atoms with E-state index in [1.807, 2.05) is 50.2 Å². The summed E-state index contributed by atoms with van der Waals surface area (Å²) in [7, 11) is 0. The minimum Gasteiger partial charge on any atom is -0.458 e. The van der Waals surface area contributed by atoms with E-state index in [2.05, 4.69) is 4.98 Å². The summed E-state index contributed by atoms with van der Waals surface area (Å²) in [5, 5.41) is 1.50. The first kappa shape index (κ1) is 18.1. The zero-order valence-corrected chi connectivity index (χ0v) is 16.2. The van der Waals surface area contributed by atoms with Crippen molar-refractivity contribution in [3.8, 4) is 0 Å². The highest BCUT2D eigenvalue weighted by atomic mass is 32.1. The van der Waals surface area contributed by atoms with Crippen molar-refractivity contribution in [1.29, 1.82) is 0 Å². The summed E-state index contributed by atoms with van der Waals surface area (Å²) in [5.41, 5.74) is 3.52. The van der Waals surface area contributed by atoms with Crippen LogP contribution in [0, 0.1) is 13.8 Å². The average Bonchev–Trinajstić information content (AvgIpc) is 3.10. The predicted octanol–water partition coefficient (Wildman–Crippen LogP) is 4.78. The smallest absolute Gasteiger partial charge is 0.336 e. The van der Waals surface area contributed by atoms with Gasteiger partial charge in [0.05, 0.1) is 10.2 Å². The van der Waals surface area contributed by atoms with Crippen LogP contribution in [0.4, 0.5) is 0 Å². The maximum absolute atomic E-state index is 12.1. The Morgan fingerprint density at radius 3 is 2.86 bits per heavy atom. The van der Waals surface area contributed by atoms with Crippen LogP contribution in [0.5, 0.6) is 0 Å². The van der Waals surface area contributed by atoms with E-state index in [9.17, 15) is 9.59 Å². The number of fused-ring (bicyclic) bond motifs is 2. The van der Waals surface area contributed by atoms with Crippen molar-refractivity contribution in [1.82, 2.24) is 4.98 Å². The van der Waals surface area contributed by atoms with Gasteiger partial charge in [0.15, 0.2) is 0 Å². The molecule has 4 aromatic rings. The van der Waals surface area contributed by atoms with Crippen molar-refractivity contribution in [2.75, 3.05) is 0 Å². The van der Waals surface area contributed by atoms with Gasteiger partial charge in [0.25, 0.3) is 0 Å². The van der Waals surface area contributed by atoms with Crippen LogP contribution in [0.25, 0.3) is 27.3 Å². The average molecular weight is 391 g/mol. The zero-order chi connectivity index (χ0) is 19.7. The van der Waals surface area contributed by atoms with E-state index in [0.29, 0.717) is 11.1 Å². The van der Waals surface area contributed by atoms with Crippen LogP contribution < -0.4 is 5.63 Å². The minimum atomic E-state index is -0.496. The fourth-order valence-electron chi connectivity index (χ4n) is 2.94. The highest BCUT2D eigenvalue weighted by Crippen LogP contribution is 2.24. The number of aromatic nitrogens is 1. The number of ether oxygens (including phenoxy) is 1. The van der Waals surface area contributed by atoms with Gasteiger partial charge in [-0.05, 0) is 43.2 Å². The zero-order valence-electron chi connectivity index (χ0n) is 15.4. The summed E-state index contributed by atoms with van der Waals surface area (Å²) in [6, 6.07) is 13.0. The monoisotopic (exact) mass is 391 g/mol. The standard InChI is InChI=1S/C22H17NO4S/c1-13-7-8-16-15(11-21(25)27-22(16)14(13)2)12-26-20(24)10-9-19-23-17-5-3-4-6-18(17)28-19/h3-11H,12H2,1-2H3/b10-9+. The van der Waals surface area contributed by atoms with Gasteiger partial charge in [0.1, 0.15) is 17.2 Å². The predicted molar refractivity (Wildman–Crippen MR) is 110 cm³/mol. The van der Waals surface area contributed by atoms with Crippen LogP contribution in [0.2, 0.25) is 0 Å². The summed E-state index contributed by atoms with van der Waals surface area (Å²) >= 11 is 1.50. The van der Waals surface area contributed by atoms with Crippen molar-refractivity contribution in [2.45, 2.75) is 20.5 Å². The number of carbonyl (C=O) groups is 1. The molecule has 0 bridgehead atoms. The van der Waals surface area contributed by atoms with Crippen molar-refractivity contribution >= 4 is 44.6 Å². The number of rotatable bonds is 4. The highest BCUT2D eigenvalue weighted by Gasteiger charge is 2.11. The Hall–Kier alpha value is -3.25. The molecule has 6 heteroatoms. The highest BCUT2D eigenvalue weighted by molar-refractivity contribution is 7.19. The van der Waals surface area contributed by atoms with E-state index in [4.69, 9.17) is 9.15 Å². The molecule has 0 unspecified atom stereocenters. The first-order chi connectivity index (χ1) is 13.5. The van der Waals surface area contributed by atoms with Gasteiger partial charge in [-0.1, -0.05) is 24.3 Å². The molecule has 0 saturated carbocycles. The van der Waals surface area contributed by atoms with Crippen molar-refractivity contribution < 1.29 is 13.9 Å². The van der Waals surface area contributed by atoms with Gasteiger partial charge >= 0.3 is 11.6 Å². The minimum absolute atomic E-state index is 0.00633. The normalized spacial score (nSPS) is 11.5. The molecule has 2 aromatic heterocycles. The molecule has 5 nitrogen and oxygen atoms in total.